The van der Waals surface area contributed by atoms with E-state index >= 15 is 0 Å². The number of fused-ring (bicyclic) bond motifs is 1. The normalized spacial score (nSPS) is 17.4. The first-order valence-electron chi connectivity index (χ1n) is 7.59. The van der Waals surface area contributed by atoms with Gasteiger partial charge < -0.3 is 4.74 Å². The van der Waals surface area contributed by atoms with E-state index in [-0.39, 0.29) is 17.3 Å². The van der Waals surface area contributed by atoms with Crippen LogP contribution in [0.4, 0.5) is 0 Å². The fraction of sp³-hybridized carbons (Fsp3) is 0.176. The summed E-state index contributed by atoms with van der Waals surface area (Å²) in [5.74, 6) is -0.516. The minimum Gasteiger partial charge on any atom is -0.459 e. The van der Waals surface area contributed by atoms with Crippen LogP contribution in [-0.4, -0.2) is 26.3 Å². The highest BCUT2D eigenvalue weighted by molar-refractivity contribution is 7.90. The highest BCUT2D eigenvalue weighted by atomic mass is 35.5. The van der Waals surface area contributed by atoms with Gasteiger partial charge in [-0.1, -0.05) is 41.4 Å². The Balaban J connectivity index is 1.75. The van der Waals surface area contributed by atoms with Gasteiger partial charge >= 0.3 is 5.97 Å². The van der Waals surface area contributed by atoms with Crippen molar-refractivity contribution in [2.24, 2.45) is 4.99 Å². The summed E-state index contributed by atoms with van der Waals surface area (Å²) in [5, 5.41) is 0.781. The first kappa shape index (κ1) is 18.7. The van der Waals surface area contributed by atoms with Gasteiger partial charge in [-0.15, -0.1) is 0 Å². The van der Waals surface area contributed by atoms with Crippen molar-refractivity contribution in [2.75, 3.05) is 0 Å². The van der Waals surface area contributed by atoms with Gasteiger partial charge in [0.05, 0.1) is 4.90 Å². The van der Waals surface area contributed by atoms with Gasteiger partial charge in [0.1, 0.15) is 18.5 Å². The average molecular weight is 413 g/mol. The predicted octanol–water partition coefficient (Wildman–Crippen LogP) is 3.16. The van der Waals surface area contributed by atoms with Gasteiger partial charge in [-0.2, -0.15) is 0 Å². The number of nitrogens with zero attached hydrogens (tertiary/aromatic N) is 1. The fourth-order valence-corrected chi connectivity index (χ4v) is 4.16. The molecule has 3 rings (SSSR count). The molecule has 26 heavy (non-hydrogen) atoms. The van der Waals surface area contributed by atoms with Crippen molar-refractivity contribution in [1.29, 1.82) is 0 Å². The molecule has 0 radical (unpaired) electrons. The number of hydrogen-bond acceptors (Lipinski definition) is 5. The van der Waals surface area contributed by atoms with Crippen LogP contribution < -0.4 is 4.72 Å². The third-order valence-corrected chi connectivity index (χ3v) is 5.85. The topological polar surface area (TPSA) is 84.8 Å². The first-order valence-corrected chi connectivity index (χ1v) is 9.83. The molecule has 0 unspecified atom stereocenters. The number of esters is 1. The summed E-state index contributed by atoms with van der Waals surface area (Å²) >= 11 is 12.1. The second-order valence-electron chi connectivity index (χ2n) is 5.56. The van der Waals surface area contributed by atoms with Crippen molar-refractivity contribution < 1.29 is 17.9 Å². The standard InChI is InChI=1S/C17H14Cl2N2O4S/c1-10(17(22)25-9-12-13(18)6-4-7-14(12)19)20-16-11-5-2-3-8-15(11)26(23,24)21-16/h2-8,10H,9H2,1H3,(H,20,21)/t10-/m1/s1. The second-order valence-corrected chi connectivity index (χ2v) is 8.03. The number of nitrogens with one attached hydrogen (secondary N) is 1. The highest BCUT2D eigenvalue weighted by Crippen LogP contribution is 2.25. The van der Waals surface area contributed by atoms with Gasteiger partial charge in [-0.3, -0.25) is 9.71 Å². The minimum atomic E-state index is -3.66. The number of hydrogen-bond donors (Lipinski definition) is 1. The lowest BCUT2D eigenvalue weighted by atomic mass is 10.2. The average Bonchev–Trinajstić information content (AvgIpc) is 2.85. The van der Waals surface area contributed by atoms with Crippen LogP contribution in [0.2, 0.25) is 10.0 Å². The van der Waals surface area contributed by atoms with E-state index in [0.717, 1.165) is 0 Å². The van der Waals surface area contributed by atoms with E-state index in [1.807, 2.05) is 0 Å². The van der Waals surface area contributed by atoms with Gasteiger partial charge in [0.15, 0.2) is 0 Å². The van der Waals surface area contributed by atoms with Crippen molar-refractivity contribution >= 4 is 45.0 Å². The Morgan fingerprint density at radius 2 is 1.81 bits per heavy atom. The Morgan fingerprint density at radius 3 is 2.50 bits per heavy atom. The van der Waals surface area contributed by atoms with Crippen LogP contribution in [0.15, 0.2) is 52.4 Å². The Labute approximate surface area is 160 Å². The van der Waals surface area contributed by atoms with E-state index in [4.69, 9.17) is 27.9 Å². The second kappa shape index (κ2) is 7.26. The fourth-order valence-electron chi connectivity index (χ4n) is 2.41. The van der Waals surface area contributed by atoms with E-state index in [1.165, 1.54) is 13.0 Å². The third-order valence-electron chi connectivity index (χ3n) is 3.75. The SMILES string of the molecule is C[C@@H](N=C1NS(=O)(=O)c2ccccc21)C(=O)OCc1c(Cl)cccc1Cl. The Hall–Kier alpha value is -2.09. The number of halogens is 2. The molecule has 1 aliphatic rings. The maximum atomic E-state index is 12.2. The van der Waals surface area contributed by atoms with Crippen LogP contribution in [0.5, 0.6) is 0 Å². The molecule has 2 aromatic rings. The molecule has 0 saturated heterocycles. The molecule has 0 amide bonds. The molecule has 1 heterocycles. The van der Waals surface area contributed by atoms with Crippen LogP contribution in [0.1, 0.15) is 18.1 Å². The zero-order chi connectivity index (χ0) is 18.9. The number of aliphatic imine (C=N–C) groups is 1. The maximum Gasteiger partial charge on any atom is 0.330 e. The summed E-state index contributed by atoms with van der Waals surface area (Å²) in [7, 11) is -3.66. The Bertz CT molecular complexity index is 985. The van der Waals surface area contributed by atoms with Crippen molar-refractivity contribution in [1.82, 2.24) is 4.72 Å². The largest absolute Gasteiger partial charge is 0.459 e. The molecule has 136 valence electrons. The molecule has 0 spiro atoms. The van der Waals surface area contributed by atoms with E-state index in [9.17, 15) is 13.2 Å². The molecule has 9 heteroatoms. The number of ether oxygens (including phenoxy) is 1. The molecule has 0 aromatic heterocycles. The zero-order valence-corrected chi connectivity index (χ0v) is 15.9. The maximum absolute atomic E-state index is 12.2. The minimum absolute atomic E-state index is 0.102. The number of carbonyl (C=O) groups is 1. The number of carbonyl (C=O) groups excluding carboxylic acids is 1. The smallest absolute Gasteiger partial charge is 0.330 e. The van der Waals surface area contributed by atoms with Gasteiger partial charge in [-0.25, -0.2) is 13.2 Å². The molecule has 6 nitrogen and oxygen atoms in total. The summed E-state index contributed by atoms with van der Waals surface area (Å²) in [5.41, 5.74) is 0.914. The van der Waals surface area contributed by atoms with E-state index in [0.29, 0.717) is 21.2 Å². The molecule has 1 N–H and O–H groups in total. The lowest BCUT2D eigenvalue weighted by Gasteiger charge is -2.11. The number of rotatable bonds is 4. The molecule has 0 bridgehead atoms. The Morgan fingerprint density at radius 1 is 1.15 bits per heavy atom. The van der Waals surface area contributed by atoms with Crippen LogP contribution in [0.25, 0.3) is 0 Å². The van der Waals surface area contributed by atoms with Crippen LogP contribution in [-0.2, 0) is 26.2 Å². The molecule has 0 saturated carbocycles. The van der Waals surface area contributed by atoms with Gasteiger partial charge in [-0.05, 0) is 31.2 Å². The lowest BCUT2D eigenvalue weighted by molar-refractivity contribution is -0.145. The monoisotopic (exact) mass is 412 g/mol. The van der Waals surface area contributed by atoms with Crippen molar-refractivity contribution in [2.45, 2.75) is 24.5 Å². The van der Waals surface area contributed by atoms with Gasteiger partial charge in [0, 0.05) is 21.2 Å². The number of sulfonamides is 1. The molecule has 0 aliphatic carbocycles. The lowest BCUT2D eigenvalue weighted by Crippen LogP contribution is -2.26. The summed E-state index contributed by atoms with van der Waals surface area (Å²) in [4.78, 5) is 16.5. The molecule has 0 fully saturated rings. The molecule has 1 aliphatic heterocycles. The summed E-state index contributed by atoms with van der Waals surface area (Å²) in [6, 6.07) is 10.5. The first-order chi connectivity index (χ1) is 12.3. The summed E-state index contributed by atoms with van der Waals surface area (Å²) in [6.45, 7) is 1.41. The summed E-state index contributed by atoms with van der Waals surface area (Å²) in [6.07, 6.45) is 0. The third kappa shape index (κ3) is 3.70. The number of benzene rings is 2. The van der Waals surface area contributed by atoms with Crippen LogP contribution in [0.3, 0.4) is 0 Å². The highest BCUT2D eigenvalue weighted by Gasteiger charge is 2.31. The summed E-state index contributed by atoms with van der Waals surface area (Å²) < 4.78 is 31.7. The van der Waals surface area contributed by atoms with Crippen molar-refractivity contribution in [3.8, 4) is 0 Å². The van der Waals surface area contributed by atoms with E-state index in [2.05, 4.69) is 9.71 Å². The van der Waals surface area contributed by atoms with Gasteiger partial charge in [0.2, 0.25) is 0 Å². The zero-order valence-electron chi connectivity index (χ0n) is 13.6. The quantitative estimate of drug-likeness (QED) is 0.781. The molecule has 2 aromatic carbocycles. The molecular formula is C17H14Cl2N2O4S. The predicted molar refractivity (Wildman–Crippen MR) is 99.0 cm³/mol. The van der Waals surface area contributed by atoms with E-state index < -0.39 is 22.0 Å². The molecule has 1 atom stereocenters. The van der Waals surface area contributed by atoms with E-state index in [1.54, 1.807) is 36.4 Å². The number of amidine groups is 1. The van der Waals surface area contributed by atoms with Gasteiger partial charge in [0.25, 0.3) is 10.0 Å². The molecular weight excluding hydrogens is 399 g/mol. The van der Waals surface area contributed by atoms with Crippen molar-refractivity contribution in [3.05, 3.63) is 63.6 Å². The van der Waals surface area contributed by atoms with Crippen LogP contribution >= 0.6 is 23.2 Å². The Kier molecular flexibility index (Phi) is 5.22. The van der Waals surface area contributed by atoms with Crippen LogP contribution in [0, 0.1) is 0 Å². The van der Waals surface area contributed by atoms with Crippen molar-refractivity contribution in [3.63, 3.8) is 0 Å².